The van der Waals surface area contributed by atoms with E-state index in [0.717, 1.165) is 0 Å². The van der Waals surface area contributed by atoms with E-state index in [1.807, 2.05) is 0 Å². The fourth-order valence-corrected chi connectivity index (χ4v) is 3.71. The van der Waals surface area contributed by atoms with Gasteiger partial charge in [-0.1, -0.05) is 11.6 Å². The number of allylic oxidation sites excluding steroid dienone is 2. The molecule has 1 aliphatic heterocycles. The fourth-order valence-electron chi connectivity index (χ4n) is 3.71. The van der Waals surface area contributed by atoms with E-state index in [1.54, 1.807) is 19.9 Å². The van der Waals surface area contributed by atoms with Gasteiger partial charge in [0.25, 0.3) is 0 Å². The molecule has 1 N–H and O–H groups in total. The molecule has 1 aliphatic rings. The first-order valence-electron chi connectivity index (χ1n) is 9.98. The molecule has 2 rings (SSSR count). The van der Waals surface area contributed by atoms with Crippen molar-refractivity contribution in [3.05, 3.63) is 33.9 Å². The number of methoxy groups -OCH3 is 1. The smallest absolute Gasteiger partial charge is 0.471 e. The SMILES string of the molecule is COc1c(C)c2c(c(N(C(=O)C(F)(F)F)C(C)C)c1C/C=C(\C)CCC(=O)O)C(=O)OC2. The number of carboxylic acid groups (broad SMARTS) is 1. The number of aliphatic carboxylic acids is 1. The van der Waals surface area contributed by atoms with Crippen LogP contribution in [0.5, 0.6) is 5.75 Å². The van der Waals surface area contributed by atoms with E-state index in [1.165, 1.54) is 21.0 Å². The van der Waals surface area contributed by atoms with Crippen LogP contribution in [0.2, 0.25) is 0 Å². The van der Waals surface area contributed by atoms with E-state index >= 15 is 0 Å². The number of amides is 1. The second-order valence-corrected chi connectivity index (χ2v) is 7.83. The number of carbonyl (C=O) groups is 3. The lowest BCUT2D eigenvalue weighted by Crippen LogP contribution is -2.46. The van der Waals surface area contributed by atoms with Crippen LogP contribution in [0.3, 0.4) is 0 Å². The average Bonchev–Trinajstić information content (AvgIpc) is 3.07. The minimum absolute atomic E-state index is 0.0275. The van der Waals surface area contributed by atoms with Gasteiger partial charge in [0.1, 0.15) is 12.4 Å². The van der Waals surface area contributed by atoms with Crippen molar-refractivity contribution in [3.63, 3.8) is 0 Å². The highest BCUT2D eigenvalue weighted by atomic mass is 19.4. The van der Waals surface area contributed by atoms with Gasteiger partial charge in [-0.15, -0.1) is 0 Å². The van der Waals surface area contributed by atoms with Gasteiger partial charge in [-0.05, 0) is 46.1 Å². The Hall–Kier alpha value is -3.04. The highest BCUT2D eigenvalue weighted by molar-refractivity contribution is 6.08. The number of cyclic esters (lactones) is 1. The van der Waals surface area contributed by atoms with Gasteiger partial charge in [0.2, 0.25) is 0 Å². The minimum atomic E-state index is -5.16. The predicted octanol–water partition coefficient (Wildman–Crippen LogP) is 4.33. The maximum absolute atomic E-state index is 13.5. The Morgan fingerprint density at radius 1 is 1.28 bits per heavy atom. The number of nitrogens with zero attached hydrogens (tertiary/aromatic N) is 1. The van der Waals surface area contributed by atoms with Crippen LogP contribution in [0.1, 0.15) is 60.7 Å². The summed E-state index contributed by atoms with van der Waals surface area (Å²) in [6, 6.07) is -0.926. The minimum Gasteiger partial charge on any atom is -0.496 e. The number of fused-ring (bicyclic) bond motifs is 1. The van der Waals surface area contributed by atoms with E-state index in [0.29, 0.717) is 21.6 Å². The molecule has 0 fully saturated rings. The molecule has 0 saturated heterocycles. The van der Waals surface area contributed by atoms with E-state index < -0.39 is 30.1 Å². The van der Waals surface area contributed by atoms with Crippen LogP contribution in [-0.4, -0.2) is 42.3 Å². The van der Waals surface area contributed by atoms with Crippen molar-refractivity contribution < 1.29 is 42.1 Å². The Bertz CT molecular complexity index is 966. The quantitative estimate of drug-likeness (QED) is 0.461. The summed E-state index contributed by atoms with van der Waals surface area (Å²) in [5, 5.41) is 8.87. The Labute approximate surface area is 183 Å². The molecule has 0 atom stereocenters. The Kier molecular flexibility index (Phi) is 7.58. The highest BCUT2D eigenvalue weighted by Crippen LogP contribution is 2.44. The summed E-state index contributed by atoms with van der Waals surface area (Å²) in [4.78, 5) is 36.3. The van der Waals surface area contributed by atoms with E-state index in [9.17, 15) is 27.6 Å². The fraction of sp³-hybridized carbons (Fsp3) is 0.500. The summed E-state index contributed by atoms with van der Waals surface area (Å²) in [5.74, 6) is -3.64. The number of hydrogen-bond acceptors (Lipinski definition) is 5. The monoisotopic (exact) mass is 457 g/mol. The van der Waals surface area contributed by atoms with Crippen molar-refractivity contribution in [1.82, 2.24) is 0 Å². The summed E-state index contributed by atoms with van der Waals surface area (Å²) < 4.78 is 51.0. The number of alkyl halides is 3. The molecule has 0 aromatic heterocycles. The molecule has 0 spiro atoms. The van der Waals surface area contributed by atoms with Crippen molar-refractivity contribution in [2.24, 2.45) is 0 Å². The average molecular weight is 457 g/mol. The lowest BCUT2D eigenvalue weighted by Gasteiger charge is -2.32. The molecule has 32 heavy (non-hydrogen) atoms. The lowest BCUT2D eigenvalue weighted by atomic mass is 9.92. The van der Waals surface area contributed by atoms with E-state index in [2.05, 4.69) is 0 Å². The standard InChI is InChI=1S/C22H26F3NO6/c1-11(2)26(21(30)22(23,24)25)18-14(8-6-12(3)7-9-16(27)28)19(31-5)13(4)15-10-32-20(29)17(15)18/h6,11H,7-10H2,1-5H3,(H,27,28)/b12-6+. The van der Waals surface area contributed by atoms with Gasteiger partial charge in [-0.25, -0.2) is 4.79 Å². The number of rotatable bonds is 8. The predicted molar refractivity (Wildman–Crippen MR) is 110 cm³/mol. The third kappa shape index (κ3) is 5.05. The Morgan fingerprint density at radius 3 is 2.41 bits per heavy atom. The Morgan fingerprint density at radius 2 is 1.91 bits per heavy atom. The molecule has 0 aliphatic carbocycles. The summed E-state index contributed by atoms with van der Waals surface area (Å²) in [6.45, 7) is 6.06. The van der Waals surface area contributed by atoms with Crippen molar-refractivity contribution in [2.75, 3.05) is 12.0 Å². The number of esters is 1. The number of halogens is 3. The number of anilines is 1. The molecule has 0 saturated carbocycles. The van der Waals surface area contributed by atoms with Gasteiger partial charge >= 0.3 is 24.0 Å². The third-order valence-electron chi connectivity index (χ3n) is 5.25. The van der Waals surface area contributed by atoms with Gasteiger partial charge in [0, 0.05) is 23.6 Å². The molecule has 0 radical (unpaired) electrons. The molecule has 1 amide bonds. The maximum Gasteiger partial charge on any atom is 0.471 e. The van der Waals surface area contributed by atoms with Crippen LogP contribution < -0.4 is 9.64 Å². The zero-order valence-corrected chi connectivity index (χ0v) is 18.6. The number of ether oxygens (including phenoxy) is 2. The molecule has 1 heterocycles. The van der Waals surface area contributed by atoms with Crippen molar-refractivity contribution in [3.8, 4) is 5.75 Å². The normalized spacial score (nSPS) is 13.8. The molecule has 0 unspecified atom stereocenters. The summed E-state index contributed by atoms with van der Waals surface area (Å²) >= 11 is 0. The van der Waals surface area contributed by atoms with Crippen molar-refractivity contribution in [1.29, 1.82) is 0 Å². The first kappa shape index (κ1) is 25.2. The van der Waals surface area contributed by atoms with E-state index in [-0.39, 0.29) is 48.4 Å². The highest BCUT2D eigenvalue weighted by Gasteiger charge is 2.47. The molecule has 7 nitrogen and oxygen atoms in total. The number of carbonyl (C=O) groups excluding carboxylic acids is 2. The molecule has 0 bridgehead atoms. The topological polar surface area (TPSA) is 93.1 Å². The lowest BCUT2D eigenvalue weighted by molar-refractivity contribution is -0.170. The van der Waals surface area contributed by atoms with Gasteiger partial charge in [0.05, 0.1) is 18.4 Å². The van der Waals surface area contributed by atoms with Gasteiger partial charge in [-0.2, -0.15) is 13.2 Å². The molecular weight excluding hydrogens is 431 g/mol. The summed E-state index contributed by atoms with van der Waals surface area (Å²) in [7, 11) is 1.35. The third-order valence-corrected chi connectivity index (χ3v) is 5.25. The van der Waals surface area contributed by atoms with Crippen LogP contribution in [0.15, 0.2) is 11.6 Å². The van der Waals surface area contributed by atoms with Crippen LogP contribution in [0.4, 0.5) is 18.9 Å². The zero-order chi connectivity index (χ0) is 24.4. The largest absolute Gasteiger partial charge is 0.496 e. The molecule has 1 aromatic carbocycles. The number of hydrogen-bond donors (Lipinski definition) is 1. The van der Waals surface area contributed by atoms with Gasteiger partial charge in [0.15, 0.2) is 0 Å². The zero-order valence-electron chi connectivity index (χ0n) is 18.6. The van der Waals surface area contributed by atoms with Crippen LogP contribution >= 0.6 is 0 Å². The van der Waals surface area contributed by atoms with Crippen molar-refractivity contribution >= 4 is 23.5 Å². The molecule has 1 aromatic rings. The van der Waals surface area contributed by atoms with Crippen LogP contribution in [-0.2, 0) is 27.4 Å². The Balaban J connectivity index is 2.78. The first-order valence-corrected chi connectivity index (χ1v) is 9.98. The second kappa shape index (κ2) is 9.62. The molecule has 10 heteroatoms. The van der Waals surface area contributed by atoms with Crippen LogP contribution in [0.25, 0.3) is 0 Å². The first-order chi connectivity index (χ1) is 14.8. The summed E-state index contributed by atoms with van der Waals surface area (Å²) in [6.07, 6.45) is -3.34. The van der Waals surface area contributed by atoms with E-state index in [4.69, 9.17) is 14.6 Å². The summed E-state index contributed by atoms with van der Waals surface area (Å²) in [5.41, 5.74) is 1.55. The van der Waals surface area contributed by atoms with Gasteiger partial charge < -0.3 is 19.5 Å². The maximum atomic E-state index is 13.5. The van der Waals surface area contributed by atoms with Crippen LogP contribution in [0, 0.1) is 6.92 Å². The number of carboxylic acids is 1. The second-order valence-electron chi connectivity index (χ2n) is 7.83. The van der Waals surface area contributed by atoms with Gasteiger partial charge in [-0.3, -0.25) is 9.59 Å². The molecule has 176 valence electrons. The molecular formula is C22H26F3NO6. The van der Waals surface area contributed by atoms with Crippen molar-refractivity contribution in [2.45, 2.75) is 65.8 Å². The number of benzene rings is 1.